The Labute approximate surface area is 125 Å². The van der Waals surface area contributed by atoms with Crippen LogP contribution in [0.25, 0.3) is 0 Å². The maximum Gasteiger partial charge on any atom is 0.0797 e. The van der Waals surface area contributed by atoms with E-state index in [2.05, 4.69) is 61.5 Å². The van der Waals surface area contributed by atoms with E-state index in [1.807, 2.05) is 0 Å². The lowest BCUT2D eigenvalue weighted by molar-refractivity contribution is 0.133. The molecule has 1 heteroatoms. The number of benzene rings is 1. The third-order valence-electron chi connectivity index (χ3n) is 4.34. The van der Waals surface area contributed by atoms with Crippen LogP contribution in [0.4, 0.5) is 0 Å². The van der Waals surface area contributed by atoms with Gasteiger partial charge in [0.1, 0.15) is 0 Å². The molecule has 20 heavy (non-hydrogen) atoms. The highest BCUT2D eigenvalue weighted by Crippen LogP contribution is 2.34. The first-order valence-electron chi connectivity index (χ1n) is 7.78. The fraction of sp³-hybridized carbons (Fsp3) is 0.684. The third-order valence-corrected chi connectivity index (χ3v) is 4.34. The van der Waals surface area contributed by atoms with E-state index in [-0.39, 0.29) is 6.10 Å². The minimum absolute atomic E-state index is 0.325. The molecular weight excluding hydrogens is 244 g/mol. The lowest BCUT2D eigenvalue weighted by Gasteiger charge is -2.27. The number of rotatable bonds is 4. The molecule has 0 aliphatic rings. The van der Waals surface area contributed by atoms with Crippen LogP contribution in [-0.4, -0.2) is 5.11 Å². The average Bonchev–Trinajstić information content (AvgIpc) is 2.23. The van der Waals surface area contributed by atoms with Crippen molar-refractivity contribution in [3.63, 3.8) is 0 Å². The summed E-state index contributed by atoms with van der Waals surface area (Å²) in [6.07, 6.45) is 1.65. The Balaban J connectivity index is 2.96. The number of aliphatic hydroxyl groups excluding tert-OH is 1. The molecule has 0 bridgehead atoms. The molecule has 1 rings (SSSR count). The second kappa shape index (κ2) is 6.30. The Morgan fingerprint density at radius 1 is 1.00 bits per heavy atom. The molecular formula is C19H32O. The molecule has 0 aliphatic heterocycles. The Hall–Kier alpha value is -0.820. The van der Waals surface area contributed by atoms with E-state index in [1.54, 1.807) is 0 Å². The van der Waals surface area contributed by atoms with E-state index >= 15 is 0 Å². The zero-order valence-electron chi connectivity index (χ0n) is 14.6. The zero-order valence-corrected chi connectivity index (χ0v) is 14.6. The van der Waals surface area contributed by atoms with Gasteiger partial charge in [0.25, 0.3) is 0 Å². The van der Waals surface area contributed by atoms with Crippen molar-refractivity contribution >= 4 is 0 Å². The van der Waals surface area contributed by atoms with E-state index in [9.17, 15) is 5.11 Å². The molecule has 0 aromatic heterocycles. The predicted octanol–water partition coefficient (Wildman–Crippen LogP) is 5.42. The van der Waals surface area contributed by atoms with Crippen molar-refractivity contribution in [1.82, 2.24) is 0 Å². The molecule has 0 spiro atoms. The number of hydrogen-bond acceptors (Lipinski definition) is 1. The van der Waals surface area contributed by atoms with E-state index in [4.69, 9.17) is 0 Å². The average molecular weight is 276 g/mol. The van der Waals surface area contributed by atoms with Crippen molar-refractivity contribution < 1.29 is 5.11 Å². The van der Waals surface area contributed by atoms with Crippen LogP contribution in [0.5, 0.6) is 0 Å². The quantitative estimate of drug-likeness (QED) is 0.779. The maximum atomic E-state index is 10.7. The van der Waals surface area contributed by atoms with E-state index < -0.39 is 0 Å². The van der Waals surface area contributed by atoms with E-state index in [1.165, 1.54) is 22.3 Å². The largest absolute Gasteiger partial charge is 0.388 e. The summed E-state index contributed by atoms with van der Waals surface area (Å²) >= 11 is 0. The summed E-state index contributed by atoms with van der Waals surface area (Å²) < 4.78 is 0. The minimum atomic E-state index is -0.342. The van der Waals surface area contributed by atoms with Crippen LogP contribution >= 0.6 is 0 Å². The molecule has 2 unspecified atom stereocenters. The van der Waals surface area contributed by atoms with Crippen molar-refractivity contribution in [1.29, 1.82) is 0 Å². The topological polar surface area (TPSA) is 20.2 Å². The molecule has 0 aliphatic carbocycles. The van der Waals surface area contributed by atoms with Crippen LogP contribution in [0, 0.1) is 39.0 Å². The first-order chi connectivity index (χ1) is 9.03. The monoisotopic (exact) mass is 276 g/mol. The van der Waals surface area contributed by atoms with Gasteiger partial charge >= 0.3 is 0 Å². The third kappa shape index (κ3) is 4.34. The van der Waals surface area contributed by atoms with Gasteiger partial charge in [-0.1, -0.05) is 33.8 Å². The summed E-state index contributed by atoms with van der Waals surface area (Å²) in [5, 5.41) is 10.7. The highest BCUT2D eigenvalue weighted by molar-refractivity contribution is 5.45. The maximum absolute atomic E-state index is 10.7. The minimum Gasteiger partial charge on any atom is -0.388 e. The van der Waals surface area contributed by atoms with Gasteiger partial charge < -0.3 is 5.11 Å². The van der Waals surface area contributed by atoms with E-state index in [0.717, 1.165) is 18.4 Å². The van der Waals surface area contributed by atoms with Crippen molar-refractivity contribution in [3.05, 3.63) is 33.9 Å². The second-order valence-corrected chi connectivity index (χ2v) is 7.80. The van der Waals surface area contributed by atoms with Gasteiger partial charge in [-0.15, -0.1) is 0 Å². The van der Waals surface area contributed by atoms with E-state index in [0.29, 0.717) is 11.3 Å². The molecule has 0 amide bonds. The zero-order chi connectivity index (χ0) is 15.7. The standard InChI is InChI=1S/C19H32O/c1-12(11-19(6,7)8)9-17(20)18-15(4)13(2)10-14(3)16(18)5/h10,12,17,20H,9,11H2,1-8H3. The molecule has 0 fully saturated rings. The summed E-state index contributed by atoms with van der Waals surface area (Å²) in [7, 11) is 0. The van der Waals surface area contributed by atoms with Gasteiger partial charge in [0.15, 0.2) is 0 Å². The molecule has 114 valence electrons. The molecule has 1 aromatic carbocycles. The normalized spacial score (nSPS) is 15.2. The molecule has 0 saturated heterocycles. The summed E-state index contributed by atoms with van der Waals surface area (Å²) in [6.45, 7) is 17.6. The van der Waals surface area contributed by atoms with Crippen LogP contribution in [0.1, 0.15) is 74.5 Å². The first-order valence-corrected chi connectivity index (χ1v) is 7.78. The SMILES string of the molecule is Cc1cc(C)c(C)c(C(O)CC(C)CC(C)(C)C)c1C. The Morgan fingerprint density at radius 3 is 1.85 bits per heavy atom. The van der Waals surface area contributed by atoms with Gasteiger partial charge in [0.2, 0.25) is 0 Å². The summed E-state index contributed by atoms with van der Waals surface area (Å²) in [5.41, 5.74) is 6.55. The fourth-order valence-electron chi connectivity index (χ4n) is 3.37. The Bertz CT molecular complexity index is 439. The Kier molecular flexibility index (Phi) is 5.43. The van der Waals surface area contributed by atoms with Crippen molar-refractivity contribution in [2.24, 2.45) is 11.3 Å². The first kappa shape index (κ1) is 17.2. The number of hydrogen-bond donors (Lipinski definition) is 1. The molecule has 1 N–H and O–H groups in total. The van der Waals surface area contributed by atoms with Crippen LogP contribution in [0.15, 0.2) is 6.07 Å². The molecule has 0 radical (unpaired) electrons. The van der Waals surface area contributed by atoms with Crippen LogP contribution in [-0.2, 0) is 0 Å². The van der Waals surface area contributed by atoms with Gasteiger partial charge in [0, 0.05) is 0 Å². The number of aryl methyl sites for hydroxylation is 2. The smallest absolute Gasteiger partial charge is 0.0797 e. The predicted molar refractivity (Wildman–Crippen MR) is 88.2 cm³/mol. The summed E-state index contributed by atoms with van der Waals surface area (Å²) in [5.74, 6) is 0.532. The Morgan fingerprint density at radius 2 is 1.45 bits per heavy atom. The van der Waals surface area contributed by atoms with Gasteiger partial charge in [0.05, 0.1) is 6.10 Å². The van der Waals surface area contributed by atoms with Gasteiger partial charge in [-0.25, -0.2) is 0 Å². The highest BCUT2D eigenvalue weighted by atomic mass is 16.3. The molecule has 1 aromatic rings. The number of aliphatic hydroxyl groups is 1. The molecule has 0 heterocycles. The lowest BCUT2D eigenvalue weighted by atomic mass is 9.81. The molecule has 2 atom stereocenters. The molecule has 0 saturated carbocycles. The van der Waals surface area contributed by atoms with Crippen LogP contribution in [0.3, 0.4) is 0 Å². The summed E-state index contributed by atoms with van der Waals surface area (Å²) in [4.78, 5) is 0. The van der Waals surface area contributed by atoms with Gasteiger partial charge in [-0.3, -0.25) is 0 Å². The van der Waals surface area contributed by atoms with Crippen molar-refractivity contribution in [2.45, 2.75) is 74.3 Å². The van der Waals surface area contributed by atoms with Gasteiger partial charge in [-0.2, -0.15) is 0 Å². The van der Waals surface area contributed by atoms with Crippen LogP contribution in [0.2, 0.25) is 0 Å². The van der Waals surface area contributed by atoms with Gasteiger partial charge in [-0.05, 0) is 79.7 Å². The van der Waals surface area contributed by atoms with Crippen molar-refractivity contribution in [3.8, 4) is 0 Å². The molecule has 1 nitrogen and oxygen atoms in total. The fourth-order valence-corrected chi connectivity index (χ4v) is 3.37. The lowest BCUT2D eigenvalue weighted by Crippen LogP contribution is -2.15. The highest BCUT2D eigenvalue weighted by Gasteiger charge is 2.22. The second-order valence-electron chi connectivity index (χ2n) is 7.80. The van der Waals surface area contributed by atoms with Crippen molar-refractivity contribution in [2.75, 3.05) is 0 Å². The van der Waals surface area contributed by atoms with Crippen LogP contribution < -0.4 is 0 Å². The summed E-state index contributed by atoms with van der Waals surface area (Å²) in [6, 6.07) is 2.22.